The van der Waals surface area contributed by atoms with Gasteiger partial charge >= 0.3 is 37.3 Å². The number of nitrogens with one attached hydrogen (secondary N) is 2. The first-order chi connectivity index (χ1) is 40.8. The molecule has 35 nitrogen and oxygen atoms in total. The summed E-state index contributed by atoms with van der Waals surface area (Å²) in [4.78, 5) is 109. The average molecular weight is 1340 g/mol. The van der Waals surface area contributed by atoms with Gasteiger partial charge in [-0.05, 0) is 72.1 Å². The fourth-order valence-corrected chi connectivity index (χ4v) is 16.6. The van der Waals surface area contributed by atoms with Crippen LogP contribution in [0.1, 0.15) is 75.7 Å². The Labute approximate surface area is 505 Å². The van der Waals surface area contributed by atoms with Crippen LogP contribution in [-0.4, -0.2) is 167 Å². The number of aliphatic hydroxyl groups is 1. The van der Waals surface area contributed by atoms with Gasteiger partial charge in [0.05, 0.1) is 56.7 Å². The van der Waals surface area contributed by atoms with Crippen molar-refractivity contribution in [1.82, 2.24) is 48.2 Å². The summed E-state index contributed by atoms with van der Waals surface area (Å²) in [5.41, 5.74) is 9.02. The van der Waals surface area contributed by atoms with E-state index in [2.05, 4.69) is 42.2 Å². The number of nitrogen functional groups attached to an aromatic ring is 3. The van der Waals surface area contributed by atoms with Crippen LogP contribution in [0, 0.1) is 20.8 Å². The largest absolute Gasteiger partial charge is 0.387 e. The number of imidazole rings is 1. The number of aromatic amines is 2. The summed E-state index contributed by atoms with van der Waals surface area (Å²) in [5, 5.41) is 11.6. The number of anilines is 3. The zero-order valence-corrected chi connectivity index (χ0v) is 52.0. The molecule has 0 saturated carbocycles. The van der Waals surface area contributed by atoms with E-state index < -0.39 is 177 Å². The van der Waals surface area contributed by atoms with Crippen LogP contribution in [-0.2, 0) is 88.5 Å². The molecule has 0 aliphatic carbocycles. The lowest BCUT2D eigenvalue weighted by molar-refractivity contribution is -0.218. The molecule has 12 rings (SSSR count). The second kappa shape index (κ2) is 22.1. The first-order valence-electron chi connectivity index (χ1n) is 26.8. The van der Waals surface area contributed by atoms with E-state index in [1.165, 1.54) is 41.0 Å². The number of nitrogens with two attached hydrogens (primary N) is 3. The topological polar surface area (TPSA) is 464 Å². The highest BCUT2D eigenvalue weighted by molar-refractivity contribution is 8.44. The predicted octanol–water partition coefficient (Wildman–Crippen LogP) is -0.635. The van der Waals surface area contributed by atoms with Crippen LogP contribution in [0.2, 0.25) is 0 Å². The number of aliphatic hydroxyl groups excluding tert-OH is 1. The zero-order chi connectivity index (χ0) is 62.6. The van der Waals surface area contributed by atoms with Crippen molar-refractivity contribution in [1.29, 1.82) is 0 Å². The maximum Gasteiger partial charge on any atom is 0.386 e. The number of thiol groups is 1. The molecular weight excluding hydrogens is 1280 g/mol. The molecule has 7 saturated heterocycles. The Morgan fingerprint density at radius 1 is 0.667 bits per heavy atom. The van der Waals surface area contributed by atoms with Crippen LogP contribution in [0.25, 0.3) is 11.2 Å². The third kappa shape index (κ3) is 10.7. The van der Waals surface area contributed by atoms with Crippen LogP contribution in [0.15, 0.2) is 48.9 Å². The minimum atomic E-state index is -4.88. The molecular formula is C46H60N13O22P3S3. The normalized spacial score (nSPS) is 37.1. The maximum atomic E-state index is 15.1. The number of aromatic nitrogens is 10. The van der Waals surface area contributed by atoms with Gasteiger partial charge in [-0.2, -0.15) is 15.0 Å². The molecule has 5 aromatic rings. The standard InChI is InChI=1S/C46H60N13O22P3S3/c1-16-9-56(41(63)51-32(16)47)24-8-23(19(4)72-24)79-82(66,85)70-13-45-21(6)74-27(38(77-45)58-11-18(3)35(61)55-43(58)65)30(45)80-84(68,87)71-14-46-22(7)75-28(39(78-46)59-15-50-25-34(59)53-40(49)54-36(25)62)31(46)81-83(67,86)69-12-44-20(5)73-26(29(44)60)37(76-44)57-10-17(2)33(48)52-42(57)64/h9-11,15,19-24,26-31,37-39,60H,8,12-14H2,1-7H3,(H,66,85)(H,67,86)(H,68,87)(H2,47,51,63)(H2,48,52,64)(H,55,61,65)(H3,49,53,54,62)/t19-,20+,21+,22+,23?,24-,26+,27+,28+,29?,30?,31?,37-,38-,39-,44-,45-,46-,82?,83?,84?/m1/s1. The van der Waals surface area contributed by atoms with E-state index in [-0.39, 0.29) is 40.7 Å². The molecule has 41 heteroatoms. The molecule has 0 aromatic carbocycles. The Bertz CT molecular complexity index is 4080. The van der Waals surface area contributed by atoms with Crippen LogP contribution in [0.3, 0.4) is 0 Å². The van der Waals surface area contributed by atoms with E-state index in [1.807, 2.05) is 0 Å². The number of hydrogen-bond acceptors (Lipinski definition) is 29. The van der Waals surface area contributed by atoms with Crippen LogP contribution in [0.4, 0.5) is 17.6 Å². The Hall–Kier alpha value is -4.57. The number of nitrogens with zero attached hydrogens (tertiary/aromatic N) is 8. The number of fused-ring (bicyclic) bond motifs is 7. The zero-order valence-electron chi connectivity index (χ0n) is 46.8. The van der Waals surface area contributed by atoms with E-state index in [9.17, 15) is 38.9 Å². The van der Waals surface area contributed by atoms with Gasteiger partial charge < -0.3 is 78.8 Å². The molecule has 6 bridgehead atoms. The van der Waals surface area contributed by atoms with Crippen molar-refractivity contribution >= 4 is 84.8 Å². The summed E-state index contributed by atoms with van der Waals surface area (Å²) in [6.07, 6.45) is -12.7. The lowest BCUT2D eigenvalue weighted by Gasteiger charge is -2.38. The Kier molecular flexibility index (Phi) is 15.9. The Morgan fingerprint density at radius 3 is 1.82 bits per heavy atom. The summed E-state index contributed by atoms with van der Waals surface area (Å²) >= 11 is 15.6. The summed E-state index contributed by atoms with van der Waals surface area (Å²) in [6.45, 7) is -5.02. The minimum absolute atomic E-state index is 0.0106. The Balaban J connectivity index is 0.819. The predicted molar refractivity (Wildman–Crippen MR) is 308 cm³/mol. The van der Waals surface area contributed by atoms with E-state index in [1.54, 1.807) is 41.5 Å². The smallest absolute Gasteiger partial charge is 0.386 e. The average Bonchev–Trinajstić information content (AvgIpc) is 1.57. The van der Waals surface area contributed by atoms with Gasteiger partial charge in [-0.15, -0.1) is 0 Å². The number of ether oxygens (including phenoxy) is 7. The highest BCUT2D eigenvalue weighted by atomic mass is 32.7. The van der Waals surface area contributed by atoms with E-state index in [0.29, 0.717) is 11.1 Å². The Morgan fingerprint density at radius 2 is 1.17 bits per heavy atom. The third-order valence-corrected chi connectivity index (χ3v) is 21.6. The highest BCUT2D eigenvalue weighted by Crippen LogP contribution is 2.65. The second-order valence-electron chi connectivity index (χ2n) is 22.3. The van der Waals surface area contributed by atoms with Gasteiger partial charge in [-0.25, -0.2) is 23.9 Å². The molecule has 5 aromatic heterocycles. The molecule has 21 atom stereocenters. The number of aryl methyl sites for hydroxylation is 3. The maximum absolute atomic E-state index is 15.1. The molecule has 0 radical (unpaired) electrons. The van der Waals surface area contributed by atoms with Gasteiger partial charge in [0.25, 0.3) is 11.1 Å². The summed E-state index contributed by atoms with van der Waals surface area (Å²) in [7, 11) is 0. The molecule has 12 heterocycles. The van der Waals surface area contributed by atoms with E-state index in [4.69, 9.17) is 101 Å². The van der Waals surface area contributed by atoms with Crippen molar-refractivity contribution in [3.05, 3.63) is 93.8 Å². The number of hydrogen-bond donors (Lipinski definition) is 9. The van der Waals surface area contributed by atoms with Gasteiger partial charge in [0.1, 0.15) is 71.3 Å². The van der Waals surface area contributed by atoms with Crippen LogP contribution >= 0.6 is 32.5 Å². The second-order valence-corrected chi connectivity index (χ2v) is 30.7. The summed E-state index contributed by atoms with van der Waals surface area (Å²) < 4.78 is 101. The van der Waals surface area contributed by atoms with Crippen molar-refractivity contribution in [3.8, 4) is 0 Å². The fraction of sp³-hybridized carbons (Fsp3) is 0.630. The molecule has 7 aliphatic heterocycles. The lowest BCUT2D eigenvalue weighted by Crippen LogP contribution is -2.52. The first kappa shape index (κ1) is 62.6. The highest BCUT2D eigenvalue weighted by Gasteiger charge is 2.72. The lowest BCUT2D eigenvalue weighted by atomic mass is 9.94. The summed E-state index contributed by atoms with van der Waals surface area (Å²) in [6, 6.07) is 0. The molecule has 7 fully saturated rings. The van der Waals surface area contributed by atoms with E-state index in [0.717, 1.165) is 9.13 Å². The molecule has 474 valence electrons. The molecule has 0 amide bonds. The quantitative estimate of drug-likeness (QED) is 0.0367. The number of H-pyrrole nitrogens is 2. The van der Waals surface area contributed by atoms with E-state index >= 15 is 4.57 Å². The summed E-state index contributed by atoms with van der Waals surface area (Å²) in [5.74, 6) is -0.250. The van der Waals surface area contributed by atoms with Gasteiger partial charge in [-0.1, -0.05) is 12.2 Å². The molecule has 11 N–H and O–H groups in total. The van der Waals surface area contributed by atoms with Crippen molar-refractivity contribution in [2.75, 3.05) is 37.0 Å². The number of rotatable bonds is 19. The fourth-order valence-electron chi connectivity index (χ4n) is 12.1. The molecule has 87 heavy (non-hydrogen) atoms. The minimum Gasteiger partial charge on any atom is -0.387 e. The first-order valence-corrected chi connectivity index (χ1v) is 34.7. The monoisotopic (exact) mass is 1340 g/mol. The van der Waals surface area contributed by atoms with Gasteiger partial charge in [0, 0.05) is 41.7 Å². The third-order valence-electron chi connectivity index (χ3n) is 16.9. The molecule has 7 aliphatic rings. The van der Waals surface area contributed by atoms with Gasteiger partial charge in [0.2, 0.25) is 5.95 Å². The van der Waals surface area contributed by atoms with Crippen LogP contribution in [0.5, 0.6) is 0 Å². The van der Waals surface area contributed by atoms with Gasteiger partial charge in [0.15, 0.2) is 29.8 Å². The van der Waals surface area contributed by atoms with Crippen LogP contribution < -0.4 is 45.4 Å². The van der Waals surface area contributed by atoms with Crippen molar-refractivity contribution < 1.29 is 79.8 Å². The van der Waals surface area contributed by atoms with Crippen molar-refractivity contribution in [3.63, 3.8) is 0 Å². The molecule has 0 spiro atoms. The van der Waals surface area contributed by atoms with Crippen molar-refractivity contribution in [2.24, 2.45) is 0 Å². The van der Waals surface area contributed by atoms with Gasteiger partial charge in [-0.3, -0.25) is 51.4 Å². The SMILES string of the molecule is Cc1cn([C@@H]2O[C@@]3(COP(O)(=S)OC4[C@@H]5O[C@@H](C)[C@@]4(COP(=O)(S)OC4[C@@H]6O[C@@H](C)[C@@]4(COP(O)(=S)OC4C[C@H](n7cc(C)c(N)nc7=O)O[C@@H]4C)O[C@H]6n4cc(C)c(=O)[nH]c4=O)O[C@H]5n4cnc5c(=O)[nH]c(N)nc54)C(O)[C@@H]2O[C@H]3C)c(=O)nc1N. The van der Waals surface area contributed by atoms with Crippen molar-refractivity contribution in [2.45, 2.75) is 164 Å². The molecule has 7 unspecified atom stereocenters.